The Morgan fingerprint density at radius 2 is 2.15 bits per heavy atom. The smallest absolute Gasteiger partial charge is 0.309 e. The average molecular weight is 183 g/mol. The van der Waals surface area contributed by atoms with Crippen LogP contribution in [-0.4, -0.2) is 25.7 Å². The van der Waals surface area contributed by atoms with Crippen molar-refractivity contribution in [2.24, 2.45) is 5.92 Å². The van der Waals surface area contributed by atoms with Crippen LogP contribution in [-0.2, 0) is 9.53 Å². The highest BCUT2D eigenvalue weighted by atomic mass is 16.5. The van der Waals surface area contributed by atoms with Gasteiger partial charge in [-0.2, -0.15) is 0 Å². The van der Waals surface area contributed by atoms with Crippen LogP contribution in [0.25, 0.3) is 0 Å². The highest BCUT2D eigenvalue weighted by Gasteiger charge is 2.19. The molecule has 0 fully saturated rings. The molecule has 0 saturated heterocycles. The van der Waals surface area contributed by atoms with Gasteiger partial charge >= 0.3 is 5.97 Å². The van der Waals surface area contributed by atoms with Gasteiger partial charge in [0, 0.05) is 6.04 Å². The number of hydrogen-bond donors (Lipinski definition) is 1. The van der Waals surface area contributed by atoms with Crippen LogP contribution in [0.3, 0.4) is 0 Å². The third-order valence-corrected chi connectivity index (χ3v) is 2.01. The molecule has 3 nitrogen and oxygen atoms in total. The van der Waals surface area contributed by atoms with E-state index in [1.165, 1.54) is 7.11 Å². The van der Waals surface area contributed by atoms with Crippen LogP contribution in [0, 0.1) is 17.8 Å². The van der Waals surface area contributed by atoms with Crippen LogP contribution in [0.4, 0.5) is 0 Å². The molecule has 3 heteroatoms. The zero-order valence-electron chi connectivity index (χ0n) is 8.68. The highest BCUT2D eigenvalue weighted by molar-refractivity contribution is 5.72. The fraction of sp³-hybridized carbons (Fsp3) is 0.700. The molecule has 0 aromatic carbocycles. The van der Waals surface area contributed by atoms with Gasteiger partial charge in [-0.25, -0.2) is 0 Å². The van der Waals surface area contributed by atoms with Crippen molar-refractivity contribution in [1.29, 1.82) is 0 Å². The van der Waals surface area contributed by atoms with E-state index in [1.807, 2.05) is 13.8 Å². The van der Waals surface area contributed by atoms with Crippen LogP contribution in [0.1, 0.15) is 20.8 Å². The lowest BCUT2D eigenvalue weighted by Gasteiger charge is -2.17. The Hall–Kier alpha value is -1.01. The minimum atomic E-state index is -0.190. The summed E-state index contributed by atoms with van der Waals surface area (Å²) in [6, 6.07) is 0.0910. The van der Waals surface area contributed by atoms with Gasteiger partial charge in [-0.1, -0.05) is 12.8 Å². The molecule has 0 spiro atoms. The minimum absolute atomic E-state index is 0.0910. The van der Waals surface area contributed by atoms with Gasteiger partial charge in [0.2, 0.25) is 0 Å². The number of ether oxygens (including phenoxy) is 1. The predicted molar refractivity (Wildman–Crippen MR) is 52.1 cm³/mol. The van der Waals surface area contributed by atoms with E-state index >= 15 is 0 Å². The average Bonchev–Trinajstić information content (AvgIpc) is 2.15. The molecule has 0 rings (SSSR count). The second-order valence-corrected chi connectivity index (χ2v) is 2.91. The highest BCUT2D eigenvalue weighted by Crippen LogP contribution is 2.03. The lowest BCUT2D eigenvalue weighted by Crippen LogP contribution is -2.36. The van der Waals surface area contributed by atoms with E-state index in [1.54, 1.807) is 6.92 Å². The first-order valence-electron chi connectivity index (χ1n) is 4.34. The quantitative estimate of drug-likeness (QED) is 0.517. The molecule has 0 aliphatic carbocycles. The van der Waals surface area contributed by atoms with Crippen molar-refractivity contribution in [3.05, 3.63) is 0 Å². The van der Waals surface area contributed by atoms with E-state index in [9.17, 15) is 4.79 Å². The zero-order chi connectivity index (χ0) is 10.3. The lowest BCUT2D eigenvalue weighted by atomic mass is 10.0. The van der Waals surface area contributed by atoms with Crippen LogP contribution >= 0.6 is 0 Å². The van der Waals surface area contributed by atoms with Gasteiger partial charge < -0.3 is 10.1 Å². The summed E-state index contributed by atoms with van der Waals surface area (Å²) < 4.78 is 4.62. The molecule has 2 unspecified atom stereocenters. The van der Waals surface area contributed by atoms with Gasteiger partial charge in [-0.3, -0.25) is 4.79 Å². The maximum Gasteiger partial charge on any atom is 0.309 e. The van der Waals surface area contributed by atoms with Crippen LogP contribution in [0.5, 0.6) is 0 Å². The normalized spacial score (nSPS) is 13.8. The largest absolute Gasteiger partial charge is 0.469 e. The molecule has 0 saturated carbocycles. The van der Waals surface area contributed by atoms with Gasteiger partial charge in [0.1, 0.15) is 0 Å². The van der Waals surface area contributed by atoms with Crippen LogP contribution < -0.4 is 5.32 Å². The maximum atomic E-state index is 11.1. The topological polar surface area (TPSA) is 38.3 Å². The van der Waals surface area contributed by atoms with E-state index < -0.39 is 0 Å². The molecule has 2 atom stereocenters. The van der Waals surface area contributed by atoms with E-state index in [-0.39, 0.29) is 17.9 Å². The number of methoxy groups -OCH3 is 1. The number of hydrogen-bond acceptors (Lipinski definition) is 3. The van der Waals surface area contributed by atoms with Crippen molar-refractivity contribution in [1.82, 2.24) is 5.32 Å². The Labute approximate surface area is 79.8 Å². The molecule has 0 aromatic heterocycles. The first kappa shape index (κ1) is 12.0. The zero-order valence-corrected chi connectivity index (χ0v) is 8.68. The third-order valence-electron chi connectivity index (χ3n) is 2.01. The summed E-state index contributed by atoms with van der Waals surface area (Å²) in [6.45, 7) is 6.18. The number of nitrogens with one attached hydrogen (secondary N) is 1. The van der Waals surface area contributed by atoms with Gasteiger partial charge in [0.05, 0.1) is 19.6 Å². The summed E-state index contributed by atoms with van der Waals surface area (Å²) in [5.41, 5.74) is 0. The number of esters is 1. The van der Waals surface area contributed by atoms with Crippen molar-refractivity contribution < 1.29 is 9.53 Å². The van der Waals surface area contributed by atoms with Crippen molar-refractivity contribution >= 4 is 5.97 Å². The summed E-state index contributed by atoms with van der Waals surface area (Å²) >= 11 is 0. The first-order chi connectivity index (χ1) is 6.13. The number of carbonyl (C=O) groups is 1. The second kappa shape index (κ2) is 6.50. The van der Waals surface area contributed by atoms with Gasteiger partial charge in [0.15, 0.2) is 0 Å². The van der Waals surface area contributed by atoms with Crippen molar-refractivity contribution in [2.45, 2.75) is 26.8 Å². The number of carbonyl (C=O) groups excluding carboxylic acids is 1. The SMILES string of the molecule is CC#CCNC(C)C(C)C(=O)OC. The molecule has 74 valence electrons. The summed E-state index contributed by atoms with van der Waals surface area (Å²) in [5, 5.41) is 3.12. The van der Waals surface area contributed by atoms with E-state index in [0.29, 0.717) is 6.54 Å². The van der Waals surface area contributed by atoms with Gasteiger partial charge in [-0.15, -0.1) is 5.92 Å². The predicted octanol–water partition coefficient (Wildman–Crippen LogP) is 0.797. The Morgan fingerprint density at radius 3 is 2.62 bits per heavy atom. The Kier molecular flexibility index (Phi) is 5.99. The van der Waals surface area contributed by atoms with E-state index in [4.69, 9.17) is 0 Å². The molecule has 0 aromatic rings. The summed E-state index contributed by atoms with van der Waals surface area (Å²) in [6.07, 6.45) is 0. The fourth-order valence-electron chi connectivity index (χ4n) is 0.867. The fourth-order valence-corrected chi connectivity index (χ4v) is 0.867. The van der Waals surface area contributed by atoms with Crippen molar-refractivity contribution in [2.75, 3.05) is 13.7 Å². The first-order valence-corrected chi connectivity index (χ1v) is 4.34. The minimum Gasteiger partial charge on any atom is -0.469 e. The molecule has 0 aliphatic heterocycles. The molecule has 0 radical (unpaired) electrons. The molecule has 0 bridgehead atoms. The summed E-state index contributed by atoms with van der Waals surface area (Å²) in [7, 11) is 1.40. The van der Waals surface area contributed by atoms with Crippen LogP contribution in [0.15, 0.2) is 0 Å². The summed E-state index contributed by atoms with van der Waals surface area (Å²) in [5.74, 6) is 5.33. The maximum absolute atomic E-state index is 11.1. The van der Waals surface area contributed by atoms with Crippen LogP contribution in [0.2, 0.25) is 0 Å². The monoisotopic (exact) mass is 183 g/mol. The molecular weight excluding hydrogens is 166 g/mol. The standard InChI is InChI=1S/C10H17NO2/c1-5-6-7-11-9(3)8(2)10(12)13-4/h8-9,11H,7H2,1-4H3. The Morgan fingerprint density at radius 1 is 1.54 bits per heavy atom. The van der Waals surface area contributed by atoms with E-state index in [0.717, 1.165) is 0 Å². The Balaban J connectivity index is 3.86. The molecular formula is C10H17NO2. The molecule has 0 aliphatic rings. The van der Waals surface area contributed by atoms with Crippen molar-refractivity contribution in [3.63, 3.8) is 0 Å². The lowest BCUT2D eigenvalue weighted by molar-refractivity contribution is -0.145. The van der Waals surface area contributed by atoms with Crippen molar-refractivity contribution in [3.8, 4) is 11.8 Å². The molecule has 0 heterocycles. The van der Waals surface area contributed by atoms with Gasteiger partial charge in [0.25, 0.3) is 0 Å². The molecule has 1 N–H and O–H groups in total. The third kappa shape index (κ3) is 4.54. The Bertz CT molecular complexity index is 215. The summed E-state index contributed by atoms with van der Waals surface area (Å²) in [4.78, 5) is 11.1. The molecule has 13 heavy (non-hydrogen) atoms. The number of rotatable bonds is 4. The van der Waals surface area contributed by atoms with E-state index in [2.05, 4.69) is 21.9 Å². The molecule has 0 amide bonds. The van der Waals surface area contributed by atoms with Gasteiger partial charge in [-0.05, 0) is 13.8 Å². The second-order valence-electron chi connectivity index (χ2n) is 2.91.